The maximum absolute atomic E-state index is 5.42. The molecule has 2 rings (SSSR count). The van der Waals surface area contributed by atoms with Crippen molar-refractivity contribution in [1.29, 1.82) is 0 Å². The molecule has 0 fully saturated rings. The van der Waals surface area contributed by atoms with Gasteiger partial charge >= 0.3 is 0 Å². The van der Waals surface area contributed by atoms with E-state index in [1.165, 1.54) is 0 Å². The second-order valence-corrected chi connectivity index (χ2v) is 4.33. The lowest BCUT2D eigenvalue weighted by molar-refractivity contribution is 0.376. The Balaban J connectivity index is 2.18. The van der Waals surface area contributed by atoms with Crippen molar-refractivity contribution in [3.8, 4) is 11.4 Å². The van der Waals surface area contributed by atoms with Gasteiger partial charge in [0, 0.05) is 16.5 Å². The van der Waals surface area contributed by atoms with Gasteiger partial charge in [0.25, 0.3) is 0 Å². The fraction of sp³-hybridized carbons (Fsp3) is 0.273. The van der Waals surface area contributed by atoms with E-state index in [0.717, 1.165) is 22.9 Å². The number of aryl methyl sites for hydroxylation is 1. The topological polar surface area (TPSA) is 64.9 Å². The fourth-order valence-electron chi connectivity index (χ4n) is 1.35. The highest BCUT2D eigenvalue weighted by atomic mass is 79.9. The summed E-state index contributed by atoms with van der Waals surface area (Å²) < 4.78 is 6.13. The summed E-state index contributed by atoms with van der Waals surface area (Å²) in [7, 11) is 0. The molecule has 0 aliphatic rings. The molecule has 0 atom stereocenters. The molecule has 0 saturated heterocycles. The second kappa shape index (κ2) is 5.23. The molecule has 4 nitrogen and oxygen atoms in total. The SMILES string of the molecule is NCCCc1nc(-c2cccc(Br)c2)no1. The van der Waals surface area contributed by atoms with Crippen LogP contribution in [-0.2, 0) is 6.42 Å². The van der Waals surface area contributed by atoms with E-state index in [-0.39, 0.29) is 0 Å². The van der Waals surface area contributed by atoms with E-state index in [0.29, 0.717) is 18.3 Å². The second-order valence-electron chi connectivity index (χ2n) is 3.41. The molecule has 1 heterocycles. The maximum atomic E-state index is 5.42. The Labute approximate surface area is 102 Å². The molecule has 0 unspecified atom stereocenters. The Morgan fingerprint density at radius 2 is 2.25 bits per heavy atom. The number of nitrogens with two attached hydrogens (primary N) is 1. The Hall–Kier alpha value is -1.20. The molecule has 1 aromatic heterocycles. The van der Waals surface area contributed by atoms with Crippen LogP contribution in [0.1, 0.15) is 12.3 Å². The molecule has 2 N–H and O–H groups in total. The first-order valence-electron chi connectivity index (χ1n) is 5.08. The molecular formula is C11H12BrN3O. The van der Waals surface area contributed by atoms with Gasteiger partial charge in [0.2, 0.25) is 11.7 Å². The zero-order chi connectivity index (χ0) is 11.4. The number of nitrogens with zero attached hydrogens (tertiary/aromatic N) is 2. The number of halogens is 1. The molecule has 0 amide bonds. The summed E-state index contributed by atoms with van der Waals surface area (Å²) in [4.78, 5) is 4.30. The quantitative estimate of drug-likeness (QED) is 0.935. The van der Waals surface area contributed by atoms with Gasteiger partial charge in [-0.3, -0.25) is 0 Å². The van der Waals surface area contributed by atoms with E-state index in [1.54, 1.807) is 0 Å². The van der Waals surface area contributed by atoms with Crippen molar-refractivity contribution in [1.82, 2.24) is 10.1 Å². The minimum atomic E-state index is 0.619. The van der Waals surface area contributed by atoms with Crippen molar-refractivity contribution in [2.24, 2.45) is 5.73 Å². The first-order valence-corrected chi connectivity index (χ1v) is 5.87. The number of aromatic nitrogens is 2. The summed E-state index contributed by atoms with van der Waals surface area (Å²) >= 11 is 3.41. The molecule has 0 aliphatic heterocycles. The Kier molecular flexibility index (Phi) is 3.69. The predicted molar refractivity (Wildman–Crippen MR) is 64.8 cm³/mol. The van der Waals surface area contributed by atoms with Gasteiger partial charge in [0.05, 0.1) is 0 Å². The van der Waals surface area contributed by atoms with Crippen LogP contribution in [0.4, 0.5) is 0 Å². The first kappa shape index (κ1) is 11.3. The Bertz CT molecular complexity index is 470. The van der Waals surface area contributed by atoms with Crippen molar-refractivity contribution < 1.29 is 4.52 Å². The van der Waals surface area contributed by atoms with E-state index in [2.05, 4.69) is 26.1 Å². The summed E-state index contributed by atoms with van der Waals surface area (Å²) in [6, 6.07) is 7.80. The third-order valence-electron chi connectivity index (χ3n) is 2.15. The highest BCUT2D eigenvalue weighted by molar-refractivity contribution is 9.10. The molecule has 0 saturated carbocycles. The van der Waals surface area contributed by atoms with Crippen LogP contribution in [0.25, 0.3) is 11.4 Å². The lowest BCUT2D eigenvalue weighted by Crippen LogP contribution is -2.00. The van der Waals surface area contributed by atoms with E-state index in [4.69, 9.17) is 10.3 Å². The lowest BCUT2D eigenvalue weighted by Gasteiger charge is -1.94. The number of hydrogen-bond acceptors (Lipinski definition) is 4. The van der Waals surface area contributed by atoms with E-state index >= 15 is 0 Å². The zero-order valence-electron chi connectivity index (χ0n) is 8.69. The van der Waals surface area contributed by atoms with Gasteiger partial charge < -0.3 is 10.3 Å². The van der Waals surface area contributed by atoms with Gasteiger partial charge in [-0.15, -0.1) is 0 Å². The van der Waals surface area contributed by atoms with Gasteiger partial charge in [-0.2, -0.15) is 4.98 Å². The summed E-state index contributed by atoms with van der Waals surface area (Å²) in [5.41, 5.74) is 6.36. The summed E-state index contributed by atoms with van der Waals surface area (Å²) in [6.45, 7) is 0.634. The van der Waals surface area contributed by atoms with Gasteiger partial charge in [-0.25, -0.2) is 0 Å². The molecule has 5 heteroatoms. The molecule has 1 aromatic carbocycles. The third kappa shape index (κ3) is 2.68. The molecule has 0 bridgehead atoms. The van der Waals surface area contributed by atoms with Crippen molar-refractivity contribution in [2.45, 2.75) is 12.8 Å². The Morgan fingerprint density at radius 3 is 3.00 bits per heavy atom. The molecule has 0 radical (unpaired) electrons. The van der Waals surface area contributed by atoms with Crippen LogP contribution in [0.5, 0.6) is 0 Å². The largest absolute Gasteiger partial charge is 0.339 e. The van der Waals surface area contributed by atoms with Crippen LogP contribution >= 0.6 is 15.9 Å². The molecule has 2 aromatic rings. The zero-order valence-corrected chi connectivity index (χ0v) is 10.3. The average Bonchev–Trinajstić information content (AvgIpc) is 2.75. The summed E-state index contributed by atoms with van der Waals surface area (Å²) in [6.07, 6.45) is 1.59. The predicted octanol–water partition coefficient (Wildman–Crippen LogP) is 2.39. The van der Waals surface area contributed by atoms with Gasteiger partial charge in [-0.1, -0.05) is 33.2 Å². The van der Waals surface area contributed by atoms with E-state index < -0.39 is 0 Å². The number of hydrogen-bond donors (Lipinski definition) is 1. The third-order valence-corrected chi connectivity index (χ3v) is 2.64. The van der Waals surface area contributed by atoms with Gasteiger partial charge in [0.15, 0.2) is 0 Å². The fourth-order valence-corrected chi connectivity index (χ4v) is 1.75. The van der Waals surface area contributed by atoms with Crippen LogP contribution in [0.2, 0.25) is 0 Å². The van der Waals surface area contributed by atoms with E-state index in [9.17, 15) is 0 Å². The van der Waals surface area contributed by atoms with Crippen LogP contribution in [0, 0.1) is 0 Å². The molecule has 0 aliphatic carbocycles. The molecule has 84 valence electrons. The van der Waals surface area contributed by atoms with Crippen molar-refractivity contribution in [2.75, 3.05) is 6.54 Å². The molecule has 0 spiro atoms. The lowest BCUT2D eigenvalue weighted by atomic mass is 10.2. The highest BCUT2D eigenvalue weighted by Crippen LogP contribution is 2.20. The van der Waals surface area contributed by atoms with Crippen molar-refractivity contribution in [3.05, 3.63) is 34.6 Å². The van der Waals surface area contributed by atoms with Crippen molar-refractivity contribution in [3.63, 3.8) is 0 Å². The number of rotatable bonds is 4. The molecular weight excluding hydrogens is 270 g/mol. The van der Waals surface area contributed by atoms with Crippen LogP contribution < -0.4 is 5.73 Å². The first-order chi connectivity index (χ1) is 7.79. The number of benzene rings is 1. The van der Waals surface area contributed by atoms with Crippen LogP contribution in [-0.4, -0.2) is 16.7 Å². The van der Waals surface area contributed by atoms with Crippen molar-refractivity contribution >= 4 is 15.9 Å². The highest BCUT2D eigenvalue weighted by Gasteiger charge is 2.07. The average molecular weight is 282 g/mol. The normalized spacial score (nSPS) is 10.6. The van der Waals surface area contributed by atoms with Crippen LogP contribution in [0.15, 0.2) is 33.3 Å². The molecule has 16 heavy (non-hydrogen) atoms. The van der Waals surface area contributed by atoms with Crippen LogP contribution in [0.3, 0.4) is 0 Å². The Morgan fingerprint density at radius 1 is 1.38 bits per heavy atom. The minimum Gasteiger partial charge on any atom is -0.339 e. The standard InChI is InChI=1S/C11H12BrN3O/c12-9-4-1-3-8(7-9)11-14-10(16-15-11)5-2-6-13/h1,3-4,7H,2,5-6,13H2. The van der Waals surface area contributed by atoms with Gasteiger partial charge in [-0.05, 0) is 25.1 Å². The smallest absolute Gasteiger partial charge is 0.227 e. The monoisotopic (exact) mass is 281 g/mol. The van der Waals surface area contributed by atoms with E-state index in [1.807, 2.05) is 24.3 Å². The summed E-state index contributed by atoms with van der Waals surface area (Å²) in [5, 5.41) is 3.93. The minimum absolute atomic E-state index is 0.619. The summed E-state index contributed by atoms with van der Waals surface area (Å²) in [5.74, 6) is 1.26. The van der Waals surface area contributed by atoms with Gasteiger partial charge in [0.1, 0.15) is 0 Å². The maximum Gasteiger partial charge on any atom is 0.227 e.